The Kier molecular flexibility index (Phi) is 3.75. The lowest BCUT2D eigenvalue weighted by molar-refractivity contribution is 0.171. The normalized spacial score (nSPS) is 18.6. The number of rotatable bonds is 4. The van der Waals surface area contributed by atoms with Gasteiger partial charge in [0.15, 0.2) is 11.5 Å². The fraction of sp³-hybridized carbons (Fsp3) is 0.571. The fourth-order valence-corrected chi connectivity index (χ4v) is 2.62. The van der Waals surface area contributed by atoms with Crippen LogP contribution in [0.2, 0.25) is 0 Å². The first kappa shape index (κ1) is 12.6. The highest BCUT2D eigenvalue weighted by Crippen LogP contribution is 2.43. The van der Waals surface area contributed by atoms with Gasteiger partial charge in [0.1, 0.15) is 0 Å². The summed E-state index contributed by atoms with van der Waals surface area (Å²) >= 11 is 0. The molecule has 0 spiro atoms. The molecule has 2 heterocycles. The van der Waals surface area contributed by atoms with Crippen LogP contribution in [0.15, 0.2) is 12.1 Å². The van der Waals surface area contributed by atoms with Crippen molar-refractivity contribution in [2.24, 2.45) is 0 Å². The van der Waals surface area contributed by atoms with E-state index in [0.29, 0.717) is 0 Å². The van der Waals surface area contributed by atoms with E-state index in [0.717, 1.165) is 56.4 Å². The van der Waals surface area contributed by atoms with E-state index in [1.54, 1.807) is 7.11 Å². The second-order valence-corrected chi connectivity index (χ2v) is 4.83. The van der Waals surface area contributed by atoms with Crippen molar-refractivity contribution in [2.75, 3.05) is 46.6 Å². The van der Waals surface area contributed by atoms with E-state index in [1.165, 1.54) is 5.56 Å². The van der Waals surface area contributed by atoms with Gasteiger partial charge in [0, 0.05) is 32.7 Å². The second kappa shape index (κ2) is 5.67. The summed E-state index contributed by atoms with van der Waals surface area (Å²) in [5, 5.41) is 3.37. The van der Waals surface area contributed by atoms with Gasteiger partial charge in [-0.25, -0.2) is 0 Å². The highest BCUT2D eigenvalue weighted by Gasteiger charge is 2.22. The first-order chi connectivity index (χ1) is 9.38. The fourth-order valence-electron chi connectivity index (χ4n) is 2.62. The molecular weight excluding hydrogens is 244 g/mol. The van der Waals surface area contributed by atoms with Gasteiger partial charge in [-0.2, -0.15) is 0 Å². The van der Waals surface area contributed by atoms with Gasteiger partial charge in [-0.1, -0.05) is 6.07 Å². The number of nitrogens with one attached hydrogen (secondary N) is 1. The van der Waals surface area contributed by atoms with Crippen LogP contribution in [-0.2, 0) is 6.42 Å². The quantitative estimate of drug-likeness (QED) is 0.874. The maximum Gasteiger partial charge on any atom is 0.231 e. The summed E-state index contributed by atoms with van der Waals surface area (Å²) in [6.07, 6.45) is 0.972. The number of ether oxygens (including phenoxy) is 3. The van der Waals surface area contributed by atoms with E-state index in [1.807, 2.05) is 6.07 Å². The zero-order chi connectivity index (χ0) is 13.1. The number of hydrogen-bond donors (Lipinski definition) is 1. The molecule has 0 saturated carbocycles. The molecule has 5 nitrogen and oxygen atoms in total. The van der Waals surface area contributed by atoms with Gasteiger partial charge in [-0.3, -0.25) is 0 Å². The molecule has 1 fully saturated rings. The highest BCUT2D eigenvalue weighted by atomic mass is 16.7. The van der Waals surface area contributed by atoms with Crippen LogP contribution in [-0.4, -0.2) is 51.5 Å². The molecule has 19 heavy (non-hydrogen) atoms. The molecule has 1 aromatic rings. The lowest BCUT2D eigenvalue weighted by Gasteiger charge is -2.27. The minimum absolute atomic E-state index is 0.285. The van der Waals surface area contributed by atoms with Crippen molar-refractivity contribution in [3.8, 4) is 17.2 Å². The predicted octanol–water partition coefficient (Wildman–Crippen LogP) is 0.872. The van der Waals surface area contributed by atoms with E-state index in [-0.39, 0.29) is 6.79 Å². The Morgan fingerprint density at radius 3 is 2.89 bits per heavy atom. The maximum atomic E-state index is 5.49. The Labute approximate surface area is 113 Å². The van der Waals surface area contributed by atoms with Gasteiger partial charge in [0.25, 0.3) is 0 Å². The van der Waals surface area contributed by atoms with Gasteiger partial charge in [0.05, 0.1) is 7.11 Å². The maximum absolute atomic E-state index is 5.49. The third-order valence-corrected chi connectivity index (χ3v) is 3.69. The van der Waals surface area contributed by atoms with Crippen LogP contribution in [0.1, 0.15) is 5.56 Å². The Morgan fingerprint density at radius 2 is 2.11 bits per heavy atom. The average molecular weight is 264 g/mol. The molecule has 104 valence electrons. The number of benzene rings is 1. The molecule has 3 rings (SSSR count). The molecule has 0 unspecified atom stereocenters. The number of fused-ring (bicyclic) bond motifs is 1. The van der Waals surface area contributed by atoms with Crippen molar-refractivity contribution in [1.82, 2.24) is 10.2 Å². The Bertz CT molecular complexity index is 445. The van der Waals surface area contributed by atoms with E-state index in [4.69, 9.17) is 14.2 Å². The van der Waals surface area contributed by atoms with Crippen LogP contribution in [0.4, 0.5) is 0 Å². The van der Waals surface area contributed by atoms with Crippen molar-refractivity contribution in [2.45, 2.75) is 6.42 Å². The van der Waals surface area contributed by atoms with Gasteiger partial charge < -0.3 is 24.4 Å². The van der Waals surface area contributed by atoms with Crippen LogP contribution in [0.3, 0.4) is 0 Å². The molecule has 0 bridgehead atoms. The second-order valence-electron chi connectivity index (χ2n) is 4.83. The van der Waals surface area contributed by atoms with Crippen molar-refractivity contribution < 1.29 is 14.2 Å². The number of hydrogen-bond acceptors (Lipinski definition) is 5. The Morgan fingerprint density at radius 1 is 1.26 bits per heavy atom. The van der Waals surface area contributed by atoms with E-state index < -0.39 is 0 Å². The van der Waals surface area contributed by atoms with Crippen molar-refractivity contribution in [3.63, 3.8) is 0 Å². The minimum Gasteiger partial charge on any atom is -0.492 e. The summed E-state index contributed by atoms with van der Waals surface area (Å²) in [5.41, 5.74) is 1.19. The molecule has 0 atom stereocenters. The van der Waals surface area contributed by atoms with Gasteiger partial charge in [0.2, 0.25) is 12.5 Å². The van der Waals surface area contributed by atoms with Crippen LogP contribution < -0.4 is 19.5 Å². The highest BCUT2D eigenvalue weighted by molar-refractivity contribution is 5.56. The molecular formula is C14H20N2O3. The van der Waals surface area contributed by atoms with Crippen LogP contribution in [0.5, 0.6) is 17.2 Å². The minimum atomic E-state index is 0.285. The first-order valence-corrected chi connectivity index (χ1v) is 6.77. The van der Waals surface area contributed by atoms with Gasteiger partial charge in [-0.05, 0) is 18.1 Å². The predicted molar refractivity (Wildman–Crippen MR) is 72.1 cm³/mol. The summed E-state index contributed by atoms with van der Waals surface area (Å²) in [6.45, 7) is 5.74. The Hall–Kier alpha value is -1.46. The average Bonchev–Trinajstić information content (AvgIpc) is 2.94. The molecule has 5 heteroatoms. The standard InChI is InChI=1S/C14H20N2O3/c1-17-13-11(2-3-12-14(13)19-10-18-12)4-7-16-8-5-15-6-9-16/h2-3,15H,4-10H2,1H3. The Balaban J connectivity index is 1.70. The molecule has 2 aliphatic heterocycles. The number of nitrogens with zero attached hydrogens (tertiary/aromatic N) is 1. The summed E-state index contributed by atoms with van der Waals surface area (Å²) in [6, 6.07) is 4.05. The van der Waals surface area contributed by atoms with Crippen LogP contribution in [0, 0.1) is 0 Å². The summed E-state index contributed by atoms with van der Waals surface area (Å²) in [5.74, 6) is 2.35. The molecule has 2 aliphatic rings. The number of piperazine rings is 1. The molecule has 1 N–H and O–H groups in total. The van der Waals surface area contributed by atoms with E-state index in [2.05, 4.69) is 16.3 Å². The smallest absolute Gasteiger partial charge is 0.231 e. The summed E-state index contributed by atoms with van der Waals surface area (Å²) in [4.78, 5) is 2.47. The molecule has 1 saturated heterocycles. The molecule has 0 aromatic heterocycles. The van der Waals surface area contributed by atoms with Gasteiger partial charge >= 0.3 is 0 Å². The van der Waals surface area contributed by atoms with E-state index in [9.17, 15) is 0 Å². The molecule has 1 aromatic carbocycles. The van der Waals surface area contributed by atoms with Crippen molar-refractivity contribution >= 4 is 0 Å². The summed E-state index contributed by atoms with van der Waals surface area (Å²) < 4.78 is 16.3. The van der Waals surface area contributed by atoms with Crippen molar-refractivity contribution in [1.29, 1.82) is 0 Å². The largest absolute Gasteiger partial charge is 0.492 e. The number of methoxy groups -OCH3 is 1. The van der Waals surface area contributed by atoms with Crippen molar-refractivity contribution in [3.05, 3.63) is 17.7 Å². The lowest BCUT2D eigenvalue weighted by atomic mass is 10.1. The monoisotopic (exact) mass is 264 g/mol. The molecule has 0 radical (unpaired) electrons. The molecule has 0 aliphatic carbocycles. The zero-order valence-electron chi connectivity index (χ0n) is 11.3. The SMILES string of the molecule is COc1c(CCN2CCNCC2)ccc2c1OCO2. The zero-order valence-corrected chi connectivity index (χ0v) is 11.3. The first-order valence-electron chi connectivity index (χ1n) is 6.77. The van der Waals surface area contributed by atoms with Crippen LogP contribution >= 0.6 is 0 Å². The third-order valence-electron chi connectivity index (χ3n) is 3.69. The third kappa shape index (κ3) is 2.62. The van der Waals surface area contributed by atoms with E-state index >= 15 is 0 Å². The van der Waals surface area contributed by atoms with Crippen LogP contribution in [0.25, 0.3) is 0 Å². The molecule has 0 amide bonds. The summed E-state index contributed by atoms with van der Waals surface area (Å²) in [7, 11) is 1.69. The topological polar surface area (TPSA) is 43.0 Å². The lowest BCUT2D eigenvalue weighted by Crippen LogP contribution is -2.44. The van der Waals surface area contributed by atoms with Gasteiger partial charge in [-0.15, -0.1) is 0 Å².